The molecule has 0 heterocycles. The number of carboxylic acids is 5. The highest BCUT2D eigenvalue weighted by molar-refractivity contribution is 5.85. The smallest absolute Gasteiger partial charge is 0.330 e. The predicted octanol–water partition coefficient (Wildman–Crippen LogP) is -1.05. The molecule has 18 heteroatoms. The lowest BCUT2D eigenvalue weighted by molar-refractivity contribution is -0.137. The second kappa shape index (κ2) is 36.5. The van der Waals surface area contributed by atoms with Crippen LogP contribution in [-0.4, -0.2) is 149 Å². The van der Waals surface area contributed by atoms with Crippen molar-refractivity contribution in [2.75, 3.05) is 52.9 Å². The van der Waals surface area contributed by atoms with Crippen molar-refractivity contribution in [3.05, 3.63) is 48.6 Å². The van der Waals surface area contributed by atoms with Crippen LogP contribution < -0.4 is 0 Å². The SMILES string of the molecule is C=C(C)C(=O)O.C=C(C)C(=O)O.C=C(C)C(=O)O.C=C(C)C(=O)O.CCC(=O)O.OCC(CO)(CO)CO.OCC(CO)(CO)CO. The summed E-state index contributed by atoms with van der Waals surface area (Å²) in [7, 11) is 0. The Morgan fingerprint density at radius 3 is 0.489 bits per heavy atom. The van der Waals surface area contributed by atoms with Gasteiger partial charge in [0.25, 0.3) is 0 Å². The molecule has 0 radical (unpaired) electrons. The lowest BCUT2D eigenvalue weighted by atomic mass is 9.93. The van der Waals surface area contributed by atoms with Crippen LogP contribution in [0.3, 0.4) is 0 Å². The lowest BCUT2D eigenvalue weighted by Gasteiger charge is -2.23. The summed E-state index contributed by atoms with van der Waals surface area (Å²) in [6, 6.07) is 0. The van der Waals surface area contributed by atoms with Gasteiger partial charge in [0.05, 0.1) is 63.7 Å². The molecule has 0 aromatic rings. The average Bonchev–Trinajstić information content (AvgIpc) is 3.01. The molecule has 0 aromatic heterocycles. The van der Waals surface area contributed by atoms with Gasteiger partial charge in [0, 0.05) is 28.7 Å². The first kappa shape index (κ1) is 58.5. The number of rotatable bonds is 13. The molecule has 0 spiro atoms. The highest BCUT2D eigenvalue weighted by atomic mass is 16.4. The summed E-state index contributed by atoms with van der Waals surface area (Å²) < 4.78 is 0. The number of carbonyl (C=O) groups is 5. The standard InChI is InChI=1S/2C5H12O4.4C4H6O2.C3H6O2/c2*6-1-5(2-7,3-8)4-9;4*1-3(2)4(5)6;1-2-3(4)5/h2*6-9H,1-4H2;4*1H2,2H3,(H,5,6);2H2,1H3,(H,4,5). The number of aliphatic hydroxyl groups is 8. The largest absolute Gasteiger partial charge is 0.481 e. The van der Waals surface area contributed by atoms with Gasteiger partial charge in [-0.25, -0.2) is 19.2 Å². The summed E-state index contributed by atoms with van der Waals surface area (Å²) in [5.74, 6) is -4.49. The summed E-state index contributed by atoms with van der Waals surface area (Å²) in [6.07, 6.45) is 0.222. The highest BCUT2D eigenvalue weighted by Gasteiger charge is 2.27. The van der Waals surface area contributed by atoms with Gasteiger partial charge >= 0.3 is 29.8 Å². The van der Waals surface area contributed by atoms with Crippen LogP contribution in [0, 0.1) is 10.8 Å². The minimum atomic E-state index is -1.11. The first-order valence-electron chi connectivity index (χ1n) is 13.0. The van der Waals surface area contributed by atoms with Crippen molar-refractivity contribution in [3.63, 3.8) is 0 Å². The lowest BCUT2D eigenvalue weighted by Crippen LogP contribution is -2.37. The molecule has 0 saturated carbocycles. The highest BCUT2D eigenvalue weighted by Crippen LogP contribution is 2.12. The van der Waals surface area contributed by atoms with E-state index >= 15 is 0 Å². The van der Waals surface area contributed by atoms with E-state index < -0.39 is 93.5 Å². The van der Waals surface area contributed by atoms with Crippen molar-refractivity contribution < 1.29 is 90.4 Å². The van der Waals surface area contributed by atoms with Crippen molar-refractivity contribution in [2.45, 2.75) is 41.0 Å². The molecule has 0 atom stereocenters. The molecule has 18 nitrogen and oxygen atoms in total. The van der Waals surface area contributed by atoms with Crippen LogP contribution in [0.15, 0.2) is 48.6 Å². The summed E-state index contributed by atoms with van der Waals surface area (Å²) in [6.45, 7) is 16.8. The van der Waals surface area contributed by atoms with E-state index in [1.54, 1.807) is 6.92 Å². The Labute approximate surface area is 273 Å². The van der Waals surface area contributed by atoms with Gasteiger partial charge in [0.2, 0.25) is 0 Å². The fourth-order valence-electron chi connectivity index (χ4n) is 0.600. The minimum absolute atomic E-state index is 0.176. The Kier molecular flexibility index (Phi) is 45.4. The Morgan fingerprint density at radius 1 is 0.404 bits per heavy atom. The van der Waals surface area contributed by atoms with Crippen molar-refractivity contribution in [1.29, 1.82) is 0 Å². The average molecular weight is 691 g/mol. The second-order valence-electron chi connectivity index (χ2n) is 9.35. The summed E-state index contributed by atoms with van der Waals surface area (Å²) in [5.41, 5.74) is -1.52. The van der Waals surface area contributed by atoms with E-state index in [1.807, 2.05) is 0 Å². The number of hydrogen-bond acceptors (Lipinski definition) is 13. The molecule has 0 amide bonds. The molecule has 13 N–H and O–H groups in total. The van der Waals surface area contributed by atoms with Gasteiger partial charge in [-0.15, -0.1) is 0 Å². The predicted molar refractivity (Wildman–Crippen MR) is 169 cm³/mol. The van der Waals surface area contributed by atoms with Crippen LogP contribution in [0.4, 0.5) is 0 Å². The Hall–Kier alpha value is -4.01. The monoisotopic (exact) mass is 690 g/mol. The molecule has 0 rings (SSSR count). The molecule has 0 saturated heterocycles. The molecule has 0 aliphatic carbocycles. The molecule has 0 fully saturated rings. The Morgan fingerprint density at radius 2 is 0.489 bits per heavy atom. The van der Waals surface area contributed by atoms with E-state index in [1.165, 1.54) is 27.7 Å². The topological polar surface area (TPSA) is 348 Å². The quantitative estimate of drug-likeness (QED) is 0.103. The zero-order valence-corrected chi connectivity index (χ0v) is 27.5. The first-order chi connectivity index (χ1) is 21.3. The number of carboxylic acid groups (broad SMARTS) is 5. The van der Waals surface area contributed by atoms with E-state index in [2.05, 4.69) is 26.3 Å². The van der Waals surface area contributed by atoms with Gasteiger partial charge in [-0.3, -0.25) is 4.79 Å². The van der Waals surface area contributed by atoms with E-state index in [0.717, 1.165) is 0 Å². The van der Waals surface area contributed by atoms with Crippen LogP contribution in [-0.2, 0) is 24.0 Å². The Balaban J connectivity index is -0.0000000803. The molecule has 0 aliphatic heterocycles. The van der Waals surface area contributed by atoms with E-state index in [9.17, 15) is 24.0 Å². The number of aliphatic hydroxyl groups excluding tert-OH is 8. The fourth-order valence-corrected chi connectivity index (χ4v) is 0.600. The molecular weight excluding hydrogens is 636 g/mol. The minimum Gasteiger partial charge on any atom is -0.481 e. The van der Waals surface area contributed by atoms with E-state index in [0.29, 0.717) is 0 Å². The maximum atomic E-state index is 9.60. The zero-order chi connectivity index (χ0) is 39.6. The van der Waals surface area contributed by atoms with E-state index in [-0.39, 0.29) is 28.7 Å². The van der Waals surface area contributed by atoms with Gasteiger partial charge in [-0.2, -0.15) is 0 Å². The third-order valence-corrected chi connectivity index (χ3v) is 4.45. The number of hydrogen-bond donors (Lipinski definition) is 13. The van der Waals surface area contributed by atoms with E-state index in [4.69, 9.17) is 66.4 Å². The van der Waals surface area contributed by atoms with Gasteiger partial charge < -0.3 is 66.4 Å². The van der Waals surface area contributed by atoms with Crippen LogP contribution in [0.25, 0.3) is 0 Å². The summed E-state index contributed by atoms with van der Waals surface area (Å²) in [5, 5.41) is 107. The molecule has 278 valence electrons. The van der Waals surface area contributed by atoms with Crippen molar-refractivity contribution in [2.24, 2.45) is 10.8 Å². The normalized spacial score (nSPS) is 9.21. The van der Waals surface area contributed by atoms with Crippen LogP contribution >= 0.6 is 0 Å². The van der Waals surface area contributed by atoms with Crippen LogP contribution in [0.1, 0.15) is 41.0 Å². The molecule has 0 unspecified atom stereocenters. The number of aliphatic carboxylic acids is 5. The Bertz CT molecular complexity index is 732. The molecule has 0 aromatic carbocycles. The first-order valence-corrected chi connectivity index (χ1v) is 13.0. The molecule has 47 heavy (non-hydrogen) atoms. The van der Waals surface area contributed by atoms with Crippen molar-refractivity contribution >= 4 is 29.8 Å². The van der Waals surface area contributed by atoms with Gasteiger partial charge in [-0.05, 0) is 27.7 Å². The van der Waals surface area contributed by atoms with Gasteiger partial charge in [0.15, 0.2) is 0 Å². The van der Waals surface area contributed by atoms with Crippen molar-refractivity contribution in [1.82, 2.24) is 0 Å². The van der Waals surface area contributed by atoms with Crippen LogP contribution in [0.2, 0.25) is 0 Å². The third-order valence-electron chi connectivity index (χ3n) is 4.45. The summed E-state index contributed by atoms with van der Waals surface area (Å²) >= 11 is 0. The molecule has 0 bridgehead atoms. The fraction of sp³-hybridized carbons (Fsp3) is 0.552. The zero-order valence-electron chi connectivity index (χ0n) is 27.5. The van der Waals surface area contributed by atoms with Crippen LogP contribution in [0.5, 0.6) is 0 Å². The summed E-state index contributed by atoms with van der Waals surface area (Å²) in [4.78, 5) is 47.8. The maximum Gasteiger partial charge on any atom is 0.330 e. The third kappa shape index (κ3) is 46.5. The maximum absolute atomic E-state index is 9.60. The second-order valence-corrected chi connectivity index (χ2v) is 9.35. The molecule has 0 aliphatic rings. The van der Waals surface area contributed by atoms with Crippen molar-refractivity contribution in [3.8, 4) is 0 Å². The van der Waals surface area contributed by atoms with Gasteiger partial charge in [0.1, 0.15) is 0 Å². The van der Waals surface area contributed by atoms with Gasteiger partial charge in [-0.1, -0.05) is 33.2 Å². The molecular formula is C29H54O18.